The van der Waals surface area contributed by atoms with Crippen LogP contribution in [0, 0.1) is 0 Å². The summed E-state index contributed by atoms with van der Waals surface area (Å²) in [5, 5.41) is 2.92. The summed E-state index contributed by atoms with van der Waals surface area (Å²) in [6.45, 7) is 0. The summed E-state index contributed by atoms with van der Waals surface area (Å²) in [6, 6.07) is 11.5. The molecule has 0 radical (unpaired) electrons. The highest BCUT2D eigenvalue weighted by atomic mass is 79.9. The Morgan fingerprint density at radius 1 is 1.26 bits per heavy atom. The standard InChI is InChI=1S/C14H12BrNO2S/c15-10-3-7-12(8-4-10)18-14(17)16(11-5-6-11)13-2-1-9-19-13/h1-4,7-9,11H,5-6H2. The number of thiophene rings is 1. The number of halogens is 1. The molecule has 3 nitrogen and oxygen atoms in total. The number of anilines is 1. The van der Waals surface area contributed by atoms with Crippen LogP contribution in [0.3, 0.4) is 0 Å². The third-order valence-electron chi connectivity index (χ3n) is 2.87. The molecule has 2 aromatic rings. The molecule has 1 aromatic carbocycles. The van der Waals surface area contributed by atoms with Crippen LogP contribution in [-0.4, -0.2) is 12.1 Å². The first-order valence-corrected chi connectivity index (χ1v) is 7.71. The second-order valence-electron chi connectivity index (χ2n) is 4.37. The van der Waals surface area contributed by atoms with Gasteiger partial charge >= 0.3 is 6.09 Å². The van der Waals surface area contributed by atoms with Gasteiger partial charge in [0, 0.05) is 10.5 Å². The monoisotopic (exact) mass is 337 g/mol. The molecule has 1 aromatic heterocycles. The SMILES string of the molecule is O=C(Oc1ccc(Br)cc1)N(c1cccs1)C1CC1. The van der Waals surface area contributed by atoms with Gasteiger partial charge in [-0.3, -0.25) is 4.90 Å². The summed E-state index contributed by atoms with van der Waals surface area (Å²) in [7, 11) is 0. The third-order valence-corrected chi connectivity index (χ3v) is 4.27. The van der Waals surface area contributed by atoms with E-state index in [0.29, 0.717) is 11.8 Å². The lowest BCUT2D eigenvalue weighted by molar-refractivity contribution is 0.207. The molecule has 5 heteroatoms. The number of hydrogen-bond donors (Lipinski definition) is 0. The number of carbonyl (C=O) groups is 1. The third kappa shape index (κ3) is 2.98. The Bertz CT molecular complexity index is 564. The topological polar surface area (TPSA) is 29.5 Å². The zero-order chi connectivity index (χ0) is 13.2. The number of ether oxygens (including phenoxy) is 1. The number of carbonyl (C=O) groups excluding carboxylic acids is 1. The highest BCUT2D eigenvalue weighted by Gasteiger charge is 2.35. The molecule has 3 rings (SSSR count). The zero-order valence-electron chi connectivity index (χ0n) is 10.1. The predicted octanol–water partition coefficient (Wildman–Crippen LogP) is 4.68. The Labute approximate surface area is 123 Å². The lowest BCUT2D eigenvalue weighted by Crippen LogP contribution is -2.34. The number of nitrogens with zero attached hydrogens (tertiary/aromatic N) is 1. The number of hydrogen-bond acceptors (Lipinski definition) is 3. The van der Waals surface area contributed by atoms with Crippen LogP contribution in [0.4, 0.5) is 9.80 Å². The lowest BCUT2D eigenvalue weighted by Gasteiger charge is -2.19. The van der Waals surface area contributed by atoms with E-state index in [2.05, 4.69) is 15.9 Å². The Hall–Kier alpha value is -1.33. The minimum Gasteiger partial charge on any atom is -0.410 e. The van der Waals surface area contributed by atoms with Crippen molar-refractivity contribution in [3.63, 3.8) is 0 Å². The lowest BCUT2D eigenvalue weighted by atomic mass is 10.3. The largest absolute Gasteiger partial charge is 0.420 e. The first-order valence-electron chi connectivity index (χ1n) is 6.04. The van der Waals surface area contributed by atoms with Crippen molar-refractivity contribution < 1.29 is 9.53 Å². The molecule has 0 spiro atoms. The minimum absolute atomic E-state index is 0.293. The summed E-state index contributed by atoms with van der Waals surface area (Å²) in [4.78, 5) is 14.0. The summed E-state index contributed by atoms with van der Waals surface area (Å²) >= 11 is 4.91. The molecule has 1 aliphatic rings. The van der Waals surface area contributed by atoms with Gasteiger partial charge in [-0.1, -0.05) is 15.9 Å². The van der Waals surface area contributed by atoms with E-state index in [1.165, 1.54) is 0 Å². The van der Waals surface area contributed by atoms with Gasteiger partial charge in [0.2, 0.25) is 0 Å². The molecular weight excluding hydrogens is 326 g/mol. The van der Waals surface area contributed by atoms with E-state index in [-0.39, 0.29) is 6.09 Å². The van der Waals surface area contributed by atoms with Gasteiger partial charge in [-0.05, 0) is 54.6 Å². The van der Waals surface area contributed by atoms with Crippen molar-refractivity contribution in [2.45, 2.75) is 18.9 Å². The molecule has 0 aliphatic heterocycles. The maximum Gasteiger partial charge on any atom is 0.420 e. The molecular formula is C14H12BrNO2S. The van der Waals surface area contributed by atoms with Crippen molar-refractivity contribution in [3.8, 4) is 5.75 Å². The maximum atomic E-state index is 12.3. The molecule has 0 N–H and O–H groups in total. The van der Waals surface area contributed by atoms with Crippen molar-refractivity contribution in [3.05, 3.63) is 46.3 Å². The molecule has 19 heavy (non-hydrogen) atoms. The molecule has 98 valence electrons. The summed E-state index contributed by atoms with van der Waals surface area (Å²) in [6.07, 6.45) is 1.80. The second kappa shape index (κ2) is 5.35. The Balaban J connectivity index is 1.76. The molecule has 0 unspecified atom stereocenters. The Kier molecular flexibility index (Phi) is 3.57. The van der Waals surface area contributed by atoms with Crippen LogP contribution >= 0.6 is 27.3 Å². The van der Waals surface area contributed by atoms with Gasteiger partial charge in [0.25, 0.3) is 0 Å². The predicted molar refractivity (Wildman–Crippen MR) is 80.0 cm³/mol. The number of benzene rings is 1. The molecule has 0 atom stereocenters. The van der Waals surface area contributed by atoms with Crippen molar-refractivity contribution in [2.75, 3.05) is 4.90 Å². The normalized spacial score (nSPS) is 14.2. The van der Waals surface area contributed by atoms with Crippen LogP contribution in [0.1, 0.15) is 12.8 Å². The van der Waals surface area contributed by atoms with E-state index in [4.69, 9.17) is 4.74 Å². The van der Waals surface area contributed by atoms with Gasteiger partial charge in [0.05, 0.1) is 0 Å². The minimum atomic E-state index is -0.299. The van der Waals surface area contributed by atoms with E-state index < -0.39 is 0 Å². The molecule has 1 heterocycles. The van der Waals surface area contributed by atoms with Gasteiger partial charge in [-0.25, -0.2) is 4.79 Å². The fourth-order valence-corrected chi connectivity index (χ4v) is 2.87. The Morgan fingerprint density at radius 2 is 2.00 bits per heavy atom. The average Bonchev–Trinajstić information content (AvgIpc) is 3.07. The summed E-state index contributed by atoms with van der Waals surface area (Å²) in [5.41, 5.74) is 0. The van der Waals surface area contributed by atoms with Crippen molar-refractivity contribution >= 4 is 38.4 Å². The van der Waals surface area contributed by atoms with Gasteiger partial charge in [-0.2, -0.15) is 0 Å². The number of rotatable bonds is 3. The first kappa shape index (κ1) is 12.7. The molecule has 1 fully saturated rings. The van der Waals surface area contributed by atoms with Crippen LogP contribution in [-0.2, 0) is 0 Å². The quantitative estimate of drug-likeness (QED) is 0.813. The maximum absolute atomic E-state index is 12.3. The van der Waals surface area contributed by atoms with E-state index >= 15 is 0 Å². The van der Waals surface area contributed by atoms with Crippen LogP contribution in [0.2, 0.25) is 0 Å². The van der Waals surface area contributed by atoms with Gasteiger partial charge in [0.1, 0.15) is 10.8 Å². The van der Waals surface area contributed by atoms with Crippen LogP contribution in [0.25, 0.3) is 0 Å². The molecule has 0 saturated heterocycles. The summed E-state index contributed by atoms with van der Waals surface area (Å²) in [5.74, 6) is 0.565. The fraction of sp³-hybridized carbons (Fsp3) is 0.214. The second-order valence-corrected chi connectivity index (χ2v) is 6.22. The van der Waals surface area contributed by atoms with Crippen LogP contribution in [0.15, 0.2) is 46.3 Å². The highest BCUT2D eigenvalue weighted by molar-refractivity contribution is 9.10. The smallest absolute Gasteiger partial charge is 0.410 e. The van der Waals surface area contributed by atoms with Crippen molar-refractivity contribution in [1.82, 2.24) is 0 Å². The van der Waals surface area contributed by atoms with E-state index in [1.54, 1.807) is 28.4 Å². The van der Waals surface area contributed by atoms with E-state index in [0.717, 1.165) is 22.3 Å². The van der Waals surface area contributed by atoms with E-state index in [1.807, 2.05) is 29.6 Å². The summed E-state index contributed by atoms with van der Waals surface area (Å²) < 4.78 is 6.39. The molecule has 1 aliphatic carbocycles. The van der Waals surface area contributed by atoms with E-state index in [9.17, 15) is 4.79 Å². The molecule has 1 amide bonds. The fourth-order valence-electron chi connectivity index (χ4n) is 1.81. The van der Waals surface area contributed by atoms with Crippen LogP contribution < -0.4 is 9.64 Å². The van der Waals surface area contributed by atoms with Gasteiger partial charge < -0.3 is 4.74 Å². The first-order chi connectivity index (χ1) is 9.24. The van der Waals surface area contributed by atoms with Crippen molar-refractivity contribution in [2.24, 2.45) is 0 Å². The van der Waals surface area contributed by atoms with Gasteiger partial charge in [0.15, 0.2) is 0 Å². The van der Waals surface area contributed by atoms with Crippen LogP contribution in [0.5, 0.6) is 5.75 Å². The number of amides is 1. The van der Waals surface area contributed by atoms with Gasteiger partial charge in [-0.15, -0.1) is 11.3 Å². The molecule has 0 bridgehead atoms. The van der Waals surface area contributed by atoms with Crippen molar-refractivity contribution in [1.29, 1.82) is 0 Å². The average molecular weight is 338 g/mol. The highest BCUT2D eigenvalue weighted by Crippen LogP contribution is 2.35. The Morgan fingerprint density at radius 3 is 2.58 bits per heavy atom. The molecule has 1 saturated carbocycles. The zero-order valence-corrected chi connectivity index (χ0v) is 12.5.